The van der Waals surface area contributed by atoms with Gasteiger partial charge in [0, 0.05) is 18.3 Å². The fourth-order valence-corrected chi connectivity index (χ4v) is 7.03. The average Bonchev–Trinajstić information content (AvgIpc) is 3.34. The summed E-state index contributed by atoms with van der Waals surface area (Å²) < 4.78 is 0. The molecule has 12 heteroatoms. The summed E-state index contributed by atoms with van der Waals surface area (Å²) >= 11 is 0. The highest BCUT2D eigenvalue weighted by Crippen LogP contribution is 2.21. The predicted molar refractivity (Wildman–Crippen MR) is 318 cm³/mol. The number of carbonyl (C=O) groups is 1. The topological polar surface area (TPSA) is 240 Å². The maximum atomic E-state index is 10.4. The van der Waals surface area contributed by atoms with Crippen LogP contribution in [0.3, 0.4) is 0 Å². The third-order valence-corrected chi connectivity index (χ3v) is 12.2. The maximum Gasteiger partial charge on any atom is 0.152 e. The summed E-state index contributed by atoms with van der Waals surface area (Å²) in [6.07, 6.45) is 41.3. The molecule has 0 amide bonds. The van der Waals surface area contributed by atoms with E-state index in [1.165, 1.54) is 19.1 Å². The molecule has 0 bridgehead atoms. The lowest BCUT2D eigenvalue weighted by Gasteiger charge is -2.25. The predicted octanol–water partition coefficient (Wildman–Crippen LogP) is 10.8. The number of hydrogen-bond acceptors (Lipinski definition) is 12. The average molecular weight is 1070 g/mol. The zero-order valence-electron chi connectivity index (χ0n) is 49.1. The largest absolute Gasteiger partial charge is 0.393 e. The SMILES string of the molecule is C/C=C/C(C)C(O)C(C)C(O)/C=C/C=C/C=C/C=C/C=C/CC.C/C=C/C=C/C=C/C=C/C(C)=O.CC(O)CC(O)CC(O)CC(O)C/C=C/C(O)CC(O)CC(O)CCC(C)C(C)C.CCCCC(O)CC(O)CC. The van der Waals surface area contributed by atoms with Crippen LogP contribution in [0.2, 0.25) is 0 Å². The number of carbonyl (C=O) groups excluding carboxylic acids is 1. The van der Waals surface area contributed by atoms with Gasteiger partial charge in [0.05, 0.1) is 67.1 Å². The van der Waals surface area contributed by atoms with Crippen LogP contribution < -0.4 is 0 Å². The van der Waals surface area contributed by atoms with Gasteiger partial charge in [0.15, 0.2) is 5.78 Å². The first kappa shape index (κ1) is 78.9. The van der Waals surface area contributed by atoms with E-state index in [2.05, 4.69) is 40.7 Å². The smallest absolute Gasteiger partial charge is 0.152 e. The van der Waals surface area contributed by atoms with E-state index in [1.807, 2.05) is 126 Å². The van der Waals surface area contributed by atoms with Crippen LogP contribution in [0.1, 0.15) is 173 Å². The number of rotatable bonds is 37. The molecule has 0 fully saturated rings. The van der Waals surface area contributed by atoms with Gasteiger partial charge in [-0.1, -0.05) is 196 Å². The molecule has 0 rings (SSSR count). The quantitative estimate of drug-likeness (QED) is 0.0158. The lowest BCUT2D eigenvalue weighted by molar-refractivity contribution is -0.112. The molecule has 440 valence electrons. The van der Waals surface area contributed by atoms with Crippen LogP contribution in [0.15, 0.2) is 134 Å². The van der Waals surface area contributed by atoms with E-state index in [9.17, 15) is 55.9 Å². The normalized spacial score (nSPS) is 18.3. The van der Waals surface area contributed by atoms with Gasteiger partial charge in [-0.15, -0.1) is 0 Å². The van der Waals surface area contributed by atoms with Crippen molar-refractivity contribution in [3.8, 4) is 0 Å². The second-order valence-electron chi connectivity index (χ2n) is 20.3. The van der Waals surface area contributed by atoms with Crippen molar-refractivity contribution in [3.05, 3.63) is 134 Å². The van der Waals surface area contributed by atoms with Gasteiger partial charge < -0.3 is 56.2 Å². The van der Waals surface area contributed by atoms with Crippen LogP contribution in [0.4, 0.5) is 0 Å². The summed E-state index contributed by atoms with van der Waals surface area (Å²) in [6, 6.07) is 0. The Bertz CT molecular complexity index is 1650. The molecule has 0 aromatic carbocycles. The van der Waals surface area contributed by atoms with Crippen molar-refractivity contribution >= 4 is 5.78 Å². The van der Waals surface area contributed by atoms with Gasteiger partial charge in [-0.2, -0.15) is 0 Å². The Hall–Kier alpha value is -3.63. The van der Waals surface area contributed by atoms with Crippen molar-refractivity contribution in [1.29, 1.82) is 0 Å². The highest BCUT2D eigenvalue weighted by Gasteiger charge is 2.24. The Morgan fingerprint density at radius 2 is 0.947 bits per heavy atom. The third-order valence-electron chi connectivity index (χ3n) is 12.2. The number of ketones is 1. The van der Waals surface area contributed by atoms with Gasteiger partial charge in [-0.05, 0) is 116 Å². The Labute approximate surface area is 462 Å². The molecule has 0 saturated carbocycles. The molecule has 14 atom stereocenters. The van der Waals surface area contributed by atoms with Crippen molar-refractivity contribution in [2.75, 3.05) is 0 Å². The fraction of sp³-hybridized carbons (Fsp3) is 0.641. The Morgan fingerprint density at radius 3 is 1.46 bits per heavy atom. The minimum Gasteiger partial charge on any atom is -0.393 e. The number of aliphatic hydroxyl groups is 11. The molecule has 0 heterocycles. The van der Waals surface area contributed by atoms with Crippen molar-refractivity contribution in [1.82, 2.24) is 0 Å². The standard InChI is InChI=1S/C23H46O7.C21H32O2.C11H14O.C9H20O2/c1-15(2)16(3)8-9-20(27)13-22(29)11-18(25)6-5-7-19(26)12-23(30)14-21(28)10-17(4)24;1-5-7-8-9-10-11-12-13-14-15-17-20(22)19(4)21(23)18(3)16-6-2;1-3-4-5-6-7-8-9-10-11(2)12;1-3-5-6-9(11)7-8(10)4-2/h5-6,15-30H,7-14H2,1-4H3;6-23H,5H2,1-4H3;3-10H,1-2H3;8-11H,3-7H2,1-2H3/b6-5+;8-7+,10-9+,12-11+,14-13+,16-6+,17-15+;4-3+,6-5+,8-7+,10-9+;. The molecular formula is C64H112O12. The summed E-state index contributed by atoms with van der Waals surface area (Å²) in [5.41, 5.74) is 0. The van der Waals surface area contributed by atoms with Crippen molar-refractivity contribution in [2.24, 2.45) is 23.7 Å². The van der Waals surface area contributed by atoms with E-state index < -0.39 is 54.9 Å². The summed E-state index contributed by atoms with van der Waals surface area (Å²) in [4.78, 5) is 10.4. The highest BCUT2D eigenvalue weighted by atomic mass is 16.3. The number of allylic oxidation sites excluding steroid dienone is 18. The summed E-state index contributed by atoms with van der Waals surface area (Å²) in [5, 5.41) is 108. The Morgan fingerprint density at radius 1 is 0.461 bits per heavy atom. The van der Waals surface area contributed by atoms with Gasteiger partial charge in [-0.3, -0.25) is 4.79 Å². The zero-order chi connectivity index (χ0) is 58.7. The van der Waals surface area contributed by atoms with E-state index in [0.717, 1.165) is 38.5 Å². The summed E-state index contributed by atoms with van der Waals surface area (Å²) in [6.45, 7) is 23.4. The van der Waals surface area contributed by atoms with Crippen LogP contribution in [0.5, 0.6) is 0 Å². The second-order valence-corrected chi connectivity index (χ2v) is 20.3. The van der Waals surface area contributed by atoms with E-state index >= 15 is 0 Å². The molecule has 0 saturated heterocycles. The molecule has 11 N–H and O–H groups in total. The first-order valence-electron chi connectivity index (χ1n) is 28.2. The molecule has 14 unspecified atom stereocenters. The first-order valence-corrected chi connectivity index (χ1v) is 28.2. The molecule has 0 aliphatic carbocycles. The van der Waals surface area contributed by atoms with Gasteiger partial charge in [-0.25, -0.2) is 0 Å². The summed E-state index contributed by atoms with van der Waals surface area (Å²) in [5.74, 6) is 0.952. The fourth-order valence-electron chi connectivity index (χ4n) is 7.03. The molecule has 76 heavy (non-hydrogen) atoms. The van der Waals surface area contributed by atoms with Gasteiger partial charge >= 0.3 is 0 Å². The van der Waals surface area contributed by atoms with Crippen LogP contribution in [0, 0.1) is 23.7 Å². The maximum absolute atomic E-state index is 10.4. The molecule has 0 radical (unpaired) electrons. The highest BCUT2D eigenvalue weighted by molar-refractivity contribution is 5.87. The third kappa shape index (κ3) is 56.6. The monoisotopic (exact) mass is 1070 g/mol. The molecule has 0 aromatic heterocycles. The molecule has 0 aromatic rings. The lowest BCUT2D eigenvalue weighted by atomic mass is 9.89. The molecule has 0 spiro atoms. The number of hydrogen-bond donors (Lipinski definition) is 11. The van der Waals surface area contributed by atoms with E-state index in [0.29, 0.717) is 24.7 Å². The van der Waals surface area contributed by atoms with Crippen LogP contribution in [-0.2, 0) is 4.79 Å². The van der Waals surface area contributed by atoms with Crippen LogP contribution >= 0.6 is 0 Å². The van der Waals surface area contributed by atoms with Crippen LogP contribution in [-0.4, -0.2) is 129 Å². The molecule has 12 nitrogen and oxygen atoms in total. The molecular weight excluding hydrogens is 961 g/mol. The second kappa shape index (κ2) is 54.7. The first-order chi connectivity index (χ1) is 35.9. The molecule has 0 aliphatic heterocycles. The molecule has 0 aliphatic rings. The number of aliphatic hydroxyl groups excluding tert-OH is 11. The minimum atomic E-state index is -0.883. The van der Waals surface area contributed by atoms with E-state index in [1.54, 1.807) is 31.2 Å². The van der Waals surface area contributed by atoms with Crippen molar-refractivity contribution in [2.45, 2.75) is 240 Å². The Balaban J connectivity index is -0.000000494. The van der Waals surface area contributed by atoms with E-state index in [4.69, 9.17) is 5.11 Å². The minimum absolute atomic E-state index is 0.0325. The van der Waals surface area contributed by atoms with Gasteiger partial charge in [0.1, 0.15) is 0 Å². The van der Waals surface area contributed by atoms with Crippen LogP contribution in [0.25, 0.3) is 0 Å². The number of unbranched alkanes of at least 4 members (excludes halogenated alkanes) is 1. The van der Waals surface area contributed by atoms with Crippen molar-refractivity contribution in [3.63, 3.8) is 0 Å². The summed E-state index contributed by atoms with van der Waals surface area (Å²) in [7, 11) is 0. The van der Waals surface area contributed by atoms with Gasteiger partial charge in [0.2, 0.25) is 0 Å². The lowest BCUT2D eigenvalue weighted by Crippen LogP contribution is -2.32. The van der Waals surface area contributed by atoms with Crippen molar-refractivity contribution < 1.29 is 61.0 Å². The Kier molecular flexibility index (Phi) is 56.8. The van der Waals surface area contributed by atoms with E-state index in [-0.39, 0.29) is 68.4 Å². The van der Waals surface area contributed by atoms with Gasteiger partial charge in [0.25, 0.3) is 0 Å². The zero-order valence-corrected chi connectivity index (χ0v) is 49.1.